The summed E-state index contributed by atoms with van der Waals surface area (Å²) in [6.07, 6.45) is -0.160. The van der Waals surface area contributed by atoms with Gasteiger partial charge in [-0.2, -0.15) is 0 Å². The molecule has 164 valence electrons. The smallest absolute Gasteiger partial charge is 0.262 e. The van der Waals surface area contributed by atoms with E-state index in [0.717, 1.165) is 12.1 Å². The number of methoxy groups -OCH3 is 3. The summed E-state index contributed by atoms with van der Waals surface area (Å²) in [5.41, 5.74) is 0.338. The highest BCUT2D eigenvalue weighted by Crippen LogP contribution is 2.32. The van der Waals surface area contributed by atoms with Crippen molar-refractivity contribution in [3.63, 3.8) is 0 Å². The van der Waals surface area contributed by atoms with Gasteiger partial charge in [0.15, 0.2) is 11.5 Å². The number of anilines is 1. The van der Waals surface area contributed by atoms with Gasteiger partial charge in [-0.05, 0) is 35.9 Å². The third kappa shape index (κ3) is 4.88. The minimum atomic E-state index is -4.06. The standard InChI is InChI=1S/C22H21F2NO5S/c1-28-15-8-7-14(11-17-18(23)5-4-6-19(17)24)20(12-15)25-31(26,27)16-9-10-21(29-2)22(13-16)30-3/h4-10,12-13,25H,11H2,1-3H3. The number of nitrogens with one attached hydrogen (secondary N) is 1. The maximum Gasteiger partial charge on any atom is 0.262 e. The lowest BCUT2D eigenvalue weighted by atomic mass is 10.0. The highest BCUT2D eigenvalue weighted by atomic mass is 32.2. The van der Waals surface area contributed by atoms with Crippen molar-refractivity contribution in [2.24, 2.45) is 0 Å². The summed E-state index contributed by atoms with van der Waals surface area (Å²) < 4.78 is 72.3. The first-order chi connectivity index (χ1) is 14.8. The van der Waals surface area contributed by atoms with Gasteiger partial charge in [-0.1, -0.05) is 12.1 Å². The van der Waals surface area contributed by atoms with Crippen LogP contribution < -0.4 is 18.9 Å². The maximum atomic E-state index is 14.1. The van der Waals surface area contributed by atoms with Crippen molar-refractivity contribution in [1.82, 2.24) is 0 Å². The van der Waals surface area contributed by atoms with Gasteiger partial charge >= 0.3 is 0 Å². The van der Waals surface area contributed by atoms with Crippen LogP contribution in [0.15, 0.2) is 59.5 Å². The zero-order valence-electron chi connectivity index (χ0n) is 17.1. The first-order valence-corrected chi connectivity index (χ1v) is 10.6. The second-order valence-electron chi connectivity index (χ2n) is 6.52. The number of rotatable bonds is 8. The topological polar surface area (TPSA) is 73.9 Å². The Balaban J connectivity index is 2.02. The molecule has 0 heterocycles. The minimum Gasteiger partial charge on any atom is -0.497 e. The van der Waals surface area contributed by atoms with E-state index >= 15 is 0 Å². The molecule has 0 aliphatic rings. The average molecular weight is 449 g/mol. The van der Waals surface area contributed by atoms with Gasteiger partial charge in [-0.3, -0.25) is 4.72 Å². The number of benzene rings is 3. The zero-order valence-corrected chi connectivity index (χ0v) is 17.9. The molecule has 0 amide bonds. The quantitative estimate of drug-likeness (QED) is 0.553. The maximum absolute atomic E-state index is 14.1. The van der Waals surface area contributed by atoms with Crippen LogP contribution in [-0.4, -0.2) is 29.7 Å². The summed E-state index contributed by atoms with van der Waals surface area (Å²) in [5.74, 6) is -0.444. The molecule has 0 aliphatic carbocycles. The third-order valence-corrected chi connectivity index (χ3v) is 6.02. The van der Waals surface area contributed by atoms with Gasteiger partial charge in [-0.15, -0.1) is 0 Å². The van der Waals surface area contributed by atoms with Gasteiger partial charge in [0.25, 0.3) is 10.0 Å². The molecule has 0 atom stereocenters. The van der Waals surface area contributed by atoms with Gasteiger partial charge in [0.2, 0.25) is 0 Å². The first-order valence-electron chi connectivity index (χ1n) is 9.13. The Morgan fingerprint density at radius 1 is 0.839 bits per heavy atom. The number of halogens is 2. The molecule has 0 saturated carbocycles. The van der Waals surface area contributed by atoms with Crippen molar-refractivity contribution in [3.05, 3.63) is 77.4 Å². The van der Waals surface area contributed by atoms with Crippen LogP contribution in [0.25, 0.3) is 0 Å². The van der Waals surface area contributed by atoms with Crippen LogP contribution in [0.2, 0.25) is 0 Å². The number of ether oxygens (including phenoxy) is 3. The molecule has 0 bridgehead atoms. The van der Waals surface area contributed by atoms with Gasteiger partial charge in [-0.25, -0.2) is 17.2 Å². The van der Waals surface area contributed by atoms with Crippen molar-refractivity contribution < 1.29 is 31.4 Å². The van der Waals surface area contributed by atoms with Crippen LogP contribution in [0.5, 0.6) is 17.2 Å². The van der Waals surface area contributed by atoms with Crippen molar-refractivity contribution in [1.29, 1.82) is 0 Å². The Labute approximate surface area is 179 Å². The molecule has 0 aromatic heterocycles. The zero-order chi connectivity index (χ0) is 22.6. The molecule has 1 N–H and O–H groups in total. The van der Waals surface area contributed by atoms with E-state index < -0.39 is 21.7 Å². The van der Waals surface area contributed by atoms with Crippen molar-refractivity contribution in [2.45, 2.75) is 11.3 Å². The first kappa shape index (κ1) is 22.4. The molecule has 0 spiro atoms. The molecule has 0 aliphatic heterocycles. The predicted octanol–water partition coefficient (Wildman–Crippen LogP) is 4.38. The lowest BCUT2D eigenvalue weighted by Gasteiger charge is -2.16. The van der Waals surface area contributed by atoms with Crippen LogP contribution in [0.3, 0.4) is 0 Å². The molecule has 9 heteroatoms. The van der Waals surface area contributed by atoms with Crippen LogP contribution in [0, 0.1) is 11.6 Å². The summed E-state index contributed by atoms with van der Waals surface area (Å²) >= 11 is 0. The molecule has 3 aromatic rings. The molecular formula is C22H21F2NO5S. The normalized spacial score (nSPS) is 11.1. The van der Waals surface area contributed by atoms with Crippen LogP contribution in [-0.2, 0) is 16.4 Å². The molecular weight excluding hydrogens is 428 g/mol. The largest absolute Gasteiger partial charge is 0.497 e. The van der Waals surface area contributed by atoms with Crippen LogP contribution >= 0.6 is 0 Å². The molecule has 0 fully saturated rings. The SMILES string of the molecule is COc1ccc(Cc2c(F)cccc2F)c(NS(=O)(=O)c2ccc(OC)c(OC)c2)c1. The summed E-state index contributed by atoms with van der Waals surface area (Å²) in [7, 11) is 0.202. The van der Waals surface area contributed by atoms with E-state index in [1.54, 1.807) is 12.1 Å². The van der Waals surface area contributed by atoms with E-state index in [4.69, 9.17) is 14.2 Å². The van der Waals surface area contributed by atoms with Crippen LogP contribution in [0.1, 0.15) is 11.1 Å². The molecule has 3 aromatic carbocycles. The molecule has 0 radical (unpaired) electrons. The van der Waals surface area contributed by atoms with Crippen molar-refractivity contribution in [3.8, 4) is 17.2 Å². The summed E-state index contributed by atoms with van der Waals surface area (Å²) in [6.45, 7) is 0. The van der Waals surface area contributed by atoms with Crippen molar-refractivity contribution >= 4 is 15.7 Å². The molecule has 0 saturated heterocycles. The van der Waals surface area contributed by atoms with E-state index in [0.29, 0.717) is 17.1 Å². The van der Waals surface area contributed by atoms with Gasteiger partial charge in [0, 0.05) is 24.1 Å². The molecule has 3 rings (SSSR count). The number of sulfonamides is 1. The van der Waals surface area contributed by atoms with E-state index in [9.17, 15) is 17.2 Å². The lowest BCUT2D eigenvalue weighted by molar-refractivity contribution is 0.354. The van der Waals surface area contributed by atoms with Crippen LogP contribution in [0.4, 0.5) is 14.5 Å². The third-order valence-electron chi connectivity index (χ3n) is 4.66. The van der Waals surface area contributed by atoms with E-state index in [-0.39, 0.29) is 28.3 Å². The number of hydrogen-bond donors (Lipinski definition) is 1. The minimum absolute atomic E-state index is 0.0732. The molecule has 6 nitrogen and oxygen atoms in total. The van der Waals surface area contributed by atoms with Crippen molar-refractivity contribution in [2.75, 3.05) is 26.1 Å². The average Bonchev–Trinajstić information content (AvgIpc) is 2.76. The Morgan fingerprint density at radius 3 is 2.13 bits per heavy atom. The van der Waals surface area contributed by atoms with Gasteiger partial charge in [0.1, 0.15) is 17.4 Å². The highest BCUT2D eigenvalue weighted by molar-refractivity contribution is 7.92. The van der Waals surface area contributed by atoms with E-state index in [1.165, 1.54) is 51.7 Å². The highest BCUT2D eigenvalue weighted by Gasteiger charge is 2.20. The fourth-order valence-corrected chi connectivity index (χ4v) is 4.12. The Bertz CT molecular complexity index is 1180. The fourth-order valence-electron chi connectivity index (χ4n) is 3.01. The van der Waals surface area contributed by atoms with E-state index in [1.807, 2.05) is 0 Å². The number of hydrogen-bond acceptors (Lipinski definition) is 5. The Morgan fingerprint density at radius 2 is 1.52 bits per heavy atom. The predicted molar refractivity (Wildman–Crippen MR) is 113 cm³/mol. The Kier molecular flexibility index (Phi) is 6.65. The van der Waals surface area contributed by atoms with Gasteiger partial charge in [0.05, 0.1) is 31.9 Å². The summed E-state index contributed by atoms with van der Waals surface area (Å²) in [4.78, 5) is -0.0732. The monoisotopic (exact) mass is 449 g/mol. The molecule has 0 unspecified atom stereocenters. The fraction of sp³-hybridized carbons (Fsp3) is 0.182. The summed E-state index contributed by atoms with van der Waals surface area (Å²) in [6, 6.07) is 12.3. The van der Waals surface area contributed by atoms with E-state index in [2.05, 4.69) is 4.72 Å². The summed E-state index contributed by atoms with van der Waals surface area (Å²) in [5, 5.41) is 0. The van der Waals surface area contributed by atoms with Gasteiger partial charge < -0.3 is 14.2 Å². The second kappa shape index (κ2) is 9.22. The second-order valence-corrected chi connectivity index (χ2v) is 8.20. The lowest BCUT2D eigenvalue weighted by Crippen LogP contribution is -2.15. The Hall–Kier alpha value is -3.33. The molecule has 31 heavy (non-hydrogen) atoms.